The van der Waals surface area contributed by atoms with Crippen molar-refractivity contribution in [1.82, 2.24) is 5.43 Å². The molecule has 0 radical (unpaired) electrons. The second-order valence-electron chi connectivity index (χ2n) is 2.91. The van der Waals surface area contributed by atoms with E-state index in [1.807, 2.05) is 6.92 Å². The fraction of sp³-hybridized carbons (Fsp3) is 0.400. The average molecular weight is 194 g/mol. The summed E-state index contributed by atoms with van der Waals surface area (Å²) >= 11 is 0. The molecule has 76 valence electrons. The van der Waals surface area contributed by atoms with Gasteiger partial charge in [-0.05, 0) is 18.6 Å². The molecule has 1 rings (SSSR count). The first-order valence-corrected chi connectivity index (χ1v) is 4.68. The van der Waals surface area contributed by atoms with Gasteiger partial charge in [0, 0.05) is 6.42 Å². The van der Waals surface area contributed by atoms with E-state index in [-0.39, 0.29) is 5.91 Å². The Kier molecular flexibility index (Phi) is 4.47. The van der Waals surface area contributed by atoms with Crippen LogP contribution in [0.25, 0.3) is 0 Å². The number of carbonyl (C=O) groups is 1. The van der Waals surface area contributed by atoms with Gasteiger partial charge in [-0.15, -0.1) is 0 Å². The lowest BCUT2D eigenvalue weighted by molar-refractivity contribution is -0.121. The van der Waals surface area contributed by atoms with E-state index in [0.717, 1.165) is 12.8 Å². The van der Waals surface area contributed by atoms with Crippen LogP contribution in [-0.2, 0) is 4.79 Å². The smallest absolute Gasteiger partial charge is 0.240 e. The van der Waals surface area contributed by atoms with Gasteiger partial charge in [-0.2, -0.15) is 5.10 Å². The van der Waals surface area contributed by atoms with E-state index in [4.69, 9.17) is 4.42 Å². The molecular formula is C10H14N2O2. The zero-order valence-corrected chi connectivity index (χ0v) is 8.19. The predicted molar refractivity (Wildman–Crippen MR) is 54.0 cm³/mol. The van der Waals surface area contributed by atoms with Gasteiger partial charge in [-0.25, -0.2) is 5.43 Å². The van der Waals surface area contributed by atoms with E-state index in [1.165, 1.54) is 6.21 Å². The van der Waals surface area contributed by atoms with Crippen LogP contribution in [0.2, 0.25) is 0 Å². The van der Waals surface area contributed by atoms with Crippen LogP contribution in [0.1, 0.15) is 31.9 Å². The zero-order chi connectivity index (χ0) is 10.2. The monoisotopic (exact) mass is 194 g/mol. The van der Waals surface area contributed by atoms with Crippen molar-refractivity contribution in [3.05, 3.63) is 24.2 Å². The molecule has 1 aromatic heterocycles. The summed E-state index contributed by atoms with van der Waals surface area (Å²) in [6.45, 7) is 2.04. The Bertz CT molecular complexity index is 291. The van der Waals surface area contributed by atoms with Crippen molar-refractivity contribution in [3.8, 4) is 0 Å². The number of amides is 1. The van der Waals surface area contributed by atoms with Crippen LogP contribution in [0.4, 0.5) is 0 Å². The molecule has 1 N–H and O–H groups in total. The number of hydrogen-bond acceptors (Lipinski definition) is 3. The van der Waals surface area contributed by atoms with Crippen molar-refractivity contribution in [1.29, 1.82) is 0 Å². The fourth-order valence-corrected chi connectivity index (χ4v) is 0.926. The molecule has 1 heterocycles. The summed E-state index contributed by atoms with van der Waals surface area (Å²) in [5, 5.41) is 3.75. The van der Waals surface area contributed by atoms with Crippen molar-refractivity contribution in [2.75, 3.05) is 0 Å². The molecule has 0 saturated heterocycles. The molecular weight excluding hydrogens is 180 g/mol. The SMILES string of the molecule is CCCCC(=O)NN=Cc1ccco1. The van der Waals surface area contributed by atoms with Crippen molar-refractivity contribution in [3.63, 3.8) is 0 Å². The first-order valence-electron chi connectivity index (χ1n) is 4.68. The molecule has 1 amide bonds. The summed E-state index contributed by atoms with van der Waals surface area (Å²) in [6.07, 6.45) is 5.45. The number of nitrogens with one attached hydrogen (secondary N) is 1. The summed E-state index contributed by atoms with van der Waals surface area (Å²) in [6, 6.07) is 3.53. The summed E-state index contributed by atoms with van der Waals surface area (Å²) in [5.41, 5.74) is 2.43. The minimum atomic E-state index is -0.0605. The van der Waals surface area contributed by atoms with Crippen LogP contribution < -0.4 is 5.43 Å². The normalized spacial score (nSPS) is 10.6. The van der Waals surface area contributed by atoms with E-state index in [0.29, 0.717) is 12.2 Å². The van der Waals surface area contributed by atoms with Gasteiger partial charge in [0.2, 0.25) is 5.91 Å². The molecule has 0 unspecified atom stereocenters. The molecule has 0 aliphatic heterocycles. The summed E-state index contributed by atoms with van der Waals surface area (Å²) in [4.78, 5) is 11.1. The van der Waals surface area contributed by atoms with Gasteiger partial charge in [-0.3, -0.25) is 4.79 Å². The Labute approximate surface area is 83.0 Å². The zero-order valence-electron chi connectivity index (χ0n) is 8.19. The van der Waals surface area contributed by atoms with Crippen molar-refractivity contribution < 1.29 is 9.21 Å². The molecule has 0 aromatic carbocycles. The molecule has 0 saturated carbocycles. The Hall–Kier alpha value is -1.58. The van der Waals surface area contributed by atoms with E-state index in [1.54, 1.807) is 18.4 Å². The van der Waals surface area contributed by atoms with E-state index in [9.17, 15) is 4.79 Å². The molecule has 0 fully saturated rings. The standard InChI is InChI=1S/C10H14N2O2/c1-2-3-6-10(13)12-11-8-9-5-4-7-14-9/h4-5,7-8H,2-3,6H2,1H3,(H,12,13). The van der Waals surface area contributed by atoms with Crippen LogP contribution in [0.5, 0.6) is 0 Å². The number of hydrazone groups is 1. The molecule has 14 heavy (non-hydrogen) atoms. The van der Waals surface area contributed by atoms with Gasteiger partial charge in [0.15, 0.2) is 0 Å². The lowest BCUT2D eigenvalue weighted by Crippen LogP contribution is -2.16. The molecule has 0 atom stereocenters. The summed E-state index contributed by atoms with van der Waals surface area (Å²) < 4.78 is 5.00. The van der Waals surface area contributed by atoms with Gasteiger partial charge in [0.1, 0.15) is 5.76 Å². The maximum absolute atomic E-state index is 11.1. The minimum Gasteiger partial charge on any atom is -0.463 e. The highest BCUT2D eigenvalue weighted by Crippen LogP contribution is 1.95. The van der Waals surface area contributed by atoms with Gasteiger partial charge in [0.25, 0.3) is 0 Å². The summed E-state index contributed by atoms with van der Waals surface area (Å²) in [7, 11) is 0. The van der Waals surface area contributed by atoms with Crippen molar-refractivity contribution in [2.45, 2.75) is 26.2 Å². The summed E-state index contributed by atoms with van der Waals surface area (Å²) in [5.74, 6) is 0.565. The van der Waals surface area contributed by atoms with E-state index >= 15 is 0 Å². The minimum absolute atomic E-state index is 0.0605. The molecule has 1 aromatic rings. The molecule has 4 nitrogen and oxygen atoms in total. The number of nitrogens with zero attached hydrogens (tertiary/aromatic N) is 1. The van der Waals surface area contributed by atoms with Crippen LogP contribution in [0.3, 0.4) is 0 Å². The maximum atomic E-state index is 11.1. The Balaban J connectivity index is 2.23. The number of furan rings is 1. The first kappa shape index (κ1) is 10.5. The van der Waals surface area contributed by atoms with Crippen LogP contribution in [0, 0.1) is 0 Å². The molecule has 4 heteroatoms. The maximum Gasteiger partial charge on any atom is 0.240 e. The lowest BCUT2D eigenvalue weighted by Gasteiger charge is -1.96. The number of carbonyl (C=O) groups excluding carboxylic acids is 1. The molecule has 0 aliphatic rings. The second kappa shape index (κ2) is 5.96. The van der Waals surface area contributed by atoms with Crippen LogP contribution >= 0.6 is 0 Å². The number of rotatable bonds is 5. The van der Waals surface area contributed by atoms with Crippen molar-refractivity contribution >= 4 is 12.1 Å². The van der Waals surface area contributed by atoms with Gasteiger partial charge >= 0.3 is 0 Å². The van der Waals surface area contributed by atoms with Gasteiger partial charge in [-0.1, -0.05) is 13.3 Å². The third kappa shape index (κ3) is 3.89. The average Bonchev–Trinajstić information content (AvgIpc) is 2.67. The molecule has 0 bridgehead atoms. The predicted octanol–water partition coefficient (Wildman–Crippen LogP) is 1.92. The van der Waals surface area contributed by atoms with E-state index in [2.05, 4.69) is 10.5 Å². The lowest BCUT2D eigenvalue weighted by atomic mass is 10.2. The van der Waals surface area contributed by atoms with E-state index < -0.39 is 0 Å². The Morgan fingerprint density at radius 2 is 2.57 bits per heavy atom. The second-order valence-corrected chi connectivity index (χ2v) is 2.91. The van der Waals surface area contributed by atoms with Gasteiger partial charge in [0.05, 0.1) is 12.5 Å². The Morgan fingerprint density at radius 1 is 1.71 bits per heavy atom. The molecule has 0 spiro atoms. The van der Waals surface area contributed by atoms with Crippen LogP contribution in [-0.4, -0.2) is 12.1 Å². The quantitative estimate of drug-likeness (QED) is 0.575. The number of unbranched alkanes of at least 4 members (excludes halogenated alkanes) is 1. The third-order valence-corrected chi connectivity index (χ3v) is 1.68. The largest absolute Gasteiger partial charge is 0.463 e. The van der Waals surface area contributed by atoms with Crippen molar-refractivity contribution in [2.24, 2.45) is 5.10 Å². The highest BCUT2D eigenvalue weighted by Gasteiger charge is 1.96. The molecule has 0 aliphatic carbocycles. The first-order chi connectivity index (χ1) is 6.83. The Morgan fingerprint density at radius 3 is 3.21 bits per heavy atom. The highest BCUT2D eigenvalue weighted by molar-refractivity contribution is 5.80. The van der Waals surface area contributed by atoms with Crippen LogP contribution in [0.15, 0.2) is 27.9 Å². The highest BCUT2D eigenvalue weighted by atomic mass is 16.3. The topological polar surface area (TPSA) is 54.6 Å². The fourth-order valence-electron chi connectivity index (χ4n) is 0.926. The third-order valence-electron chi connectivity index (χ3n) is 1.68. The van der Waals surface area contributed by atoms with Gasteiger partial charge < -0.3 is 4.42 Å². The number of hydrogen-bond donors (Lipinski definition) is 1.